The first kappa shape index (κ1) is 32.3. The molecule has 4 atom stereocenters. The highest BCUT2D eigenvalue weighted by atomic mass is 16.2. The fourth-order valence-corrected chi connectivity index (χ4v) is 6.17. The van der Waals surface area contributed by atoms with Gasteiger partial charge in [-0.05, 0) is 70.8 Å². The summed E-state index contributed by atoms with van der Waals surface area (Å²) in [5, 5.41) is 5.95. The van der Waals surface area contributed by atoms with Crippen LogP contribution in [0.5, 0.6) is 0 Å². The topological polar surface area (TPSA) is 81.8 Å². The summed E-state index contributed by atoms with van der Waals surface area (Å²) in [5.74, 6) is 1.25. The highest BCUT2D eigenvalue weighted by molar-refractivity contribution is 5.93. The summed E-state index contributed by atoms with van der Waals surface area (Å²) in [4.78, 5) is 43.3. The van der Waals surface area contributed by atoms with E-state index in [0.717, 1.165) is 51.2 Å². The van der Waals surface area contributed by atoms with Gasteiger partial charge in [-0.15, -0.1) is 0 Å². The Hall–Kier alpha value is -1.89. The molecule has 0 aromatic rings. The van der Waals surface area contributed by atoms with Gasteiger partial charge >= 0.3 is 0 Å². The SMILES string of the molecule is C/C(=C\CNC(=O)C(NC(=O)C1CCCCN1C(C)C)C(C)C)C(=O)N1CCC2CCCCC2C1.CCC. The lowest BCUT2D eigenvalue weighted by Gasteiger charge is -2.41. The van der Waals surface area contributed by atoms with Crippen molar-refractivity contribution in [3.8, 4) is 0 Å². The number of nitrogens with zero attached hydrogens (tertiary/aromatic N) is 2. The summed E-state index contributed by atoms with van der Waals surface area (Å²) in [6, 6.07) is -0.467. The molecule has 1 aliphatic carbocycles. The second-order valence-electron chi connectivity index (χ2n) is 12.3. The van der Waals surface area contributed by atoms with Gasteiger partial charge in [-0.25, -0.2) is 0 Å². The first-order chi connectivity index (χ1) is 18.1. The van der Waals surface area contributed by atoms with Crippen molar-refractivity contribution in [3.05, 3.63) is 11.6 Å². The largest absolute Gasteiger partial charge is 0.351 e. The molecule has 2 aliphatic heterocycles. The molecule has 0 aromatic carbocycles. The normalized spacial score (nSPS) is 25.2. The lowest BCUT2D eigenvalue weighted by atomic mass is 9.75. The second-order valence-corrected chi connectivity index (χ2v) is 12.3. The molecule has 0 spiro atoms. The number of nitrogens with one attached hydrogen (secondary N) is 2. The lowest BCUT2D eigenvalue weighted by molar-refractivity contribution is -0.134. The van der Waals surface area contributed by atoms with Gasteiger partial charge in [0.25, 0.3) is 0 Å². The molecule has 3 aliphatic rings. The van der Waals surface area contributed by atoms with E-state index in [2.05, 4.69) is 43.2 Å². The summed E-state index contributed by atoms with van der Waals surface area (Å²) in [5.41, 5.74) is 0.680. The van der Waals surface area contributed by atoms with Gasteiger partial charge in [0.1, 0.15) is 6.04 Å². The molecule has 7 nitrogen and oxygen atoms in total. The first-order valence-corrected chi connectivity index (χ1v) is 15.4. The maximum atomic E-state index is 13.1. The number of amides is 3. The highest BCUT2D eigenvalue weighted by Crippen LogP contribution is 2.36. The van der Waals surface area contributed by atoms with Crippen molar-refractivity contribution >= 4 is 17.7 Å². The number of piperidine rings is 2. The van der Waals surface area contributed by atoms with Gasteiger partial charge < -0.3 is 15.5 Å². The van der Waals surface area contributed by atoms with Gasteiger partial charge in [-0.2, -0.15) is 0 Å². The van der Waals surface area contributed by atoms with Crippen LogP contribution in [0.4, 0.5) is 0 Å². The number of likely N-dealkylation sites (tertiary alicyclic amines) is 2. The average molecular weight is 533 g/mol. The van der Waals surface area contributed by atoms with Crippen LogP contribution in [0.3, 0.4) is 0 Å². The van der Waals surface area contributed by atoms with Crippen molar-refractivity contribution in [1.29, 1.82) is 0 Å². The van der Waals surface area contributed by atoms with Crippen LogP contribution in [0.2, 0.25) is 0 Å². The average Bonchev–Trinajstić information content (AvgIpc) is 2.90. The van der Waals surface area contributed by atoms with Gasteiger partial charge in [-0.3, -0.25) is 19.3 Å². The van der Waals surface area contributed by atoms with Crippen molar-refractivity contribution in [2.24, 2.45) is 17.8 Å². The monoisotopic (exact) mass is 532 g/mol. The van der Waals surface area contributed by atoms with Crippen LogP contribution in [0.15, 0.2) is 11.6 Å². The zero-order valence-corrected chi connectivity index (χ0v) is 25.4. The van der Waals surface area contributed by atoms with Crippen LogP contribution in [0.1, 0.15) is 106 Å². The summed E-state index contributed by atoms with van der Waals surface area (Å²) in [6.45, 7) is 17.1. The first-order valence-electron chi connectivity index (χ1n) is 15.4. The van der Waals surface area contributed by atoms with Crippen molar-refractivity contribution in [3.63, 3.8) is 0 Å². The minimum Gasteiger partial charge on any atom is -0.351 e. The number of carbonyl (C=O) groups is 3. The summed E-state index contributed by atoms with van der Waals surface area (Å²) in [7, 11) is 0. The number of rotatable bonds is 8. The van der Waals surface area contributed by atoms with Crippen LogP contribution < -0.4 is 10.6 Å². The van der Waals surface area contributed by atoms with Gasteiger partial charge in [0.2, 0.25) is 17.7 Å². The minimum absolute atomic E-state index is 0.0291. The van der Waals surface area contributed by atoms with Gasteiger partial charge in [0, 0.05) is 31.2 Å². The molecule has 4 unspecified atom stereocenters. The minimum atomic E-state index is -0.590. The van der Waals surface area contributed by atoms with E-state index < -0.39 is 6.04 Å². The Bertz CT molecular complexity index is 794. The van der Waals surface area contributed by atoms with E-state index >= 15 is 0 Å². The van der Waals surface area contributed by atoms with Crippen molar-refractivity contribution in [1.82, 2.24) is 20.4 Å². The van der Waals surface area contributed by atoms with E-state index in [9.17, 15) is 14.4 Å². The lowest BCUT2D eigenvalue weighted by Crippen LogP contribution is -2.57. The molecule has 0 radical (unpaired) electrons. The third-order valence-corrected chi connectivity index (χ3v) is 8.36. The van der Waals surface area contributed by atoms with Gasteiger partial charge in [0.15, 0.2) is 0 Å². The molecule has 38 heavy (non-hydrogen) atoms. The number of carbonyl (C=O) groups excluding carboxylic acids is 3. The Balaban J connectivity index is 0.00000161. The molecular weight excluding hydrogens is 476 g/mol. The maximum Gasteiger partial charge on any atom is 0.249 e. The molecule has 2 saturated heterocycles. The van der Waals surface area contributed by atoms with E-state index in [1.54, 1.807) is 0 Å². The zero-order valence-electron chi connectivity index (χ0n) is 25.4. The number of hydrogen-bond acceptors (Lipinski definition) is 4. The maximum absolute atomic E-state index is 13.1. The Morgan fingerprint density at radius 3 is 2.16 bits per heavy atom. The van der Waals surface area contributed by atoms with E-state index in [1.165, 1.54) is 32.1 Å². The Morgan fingerprint density at radius 2 is 1.53 bits per heavy atom. The molecule has 3 amide bonds. The predicted octanol–water partition coefficient (Wildman–Crippen LogP) is 4.91. The highest BCUT2D eigenvalue weighted by Gasteiger charge is 2.34. The summed E-state index contributed by atoms with van der Waals surface area (Å²) < 4.78 is 0. The third-order valence-electron chi connectivity index (χ3n) is 8.36. The van der Waals surface area contributed by atoms with E-state index in [0.29, 0.717) is 17.5 Å². The van der Waals surface area contributed by atoms with Crippen molar-refractivity contribution < 1.29 is 14.4 Å². The molecule has 0 bridgehead atoms. The van der Waals surface area contributed by atoms with Crippen molar-refractivity contribution in [2.75, 3.05) is 26.2 Å². The molecule has 218 valence electrons. The molecule has 2 N–H and O–H groups in total. The van der Waals surface area contributed by atoms with Crippen LogP contribution in [-0.4, -0.2) is 71.8 Å². The van der Waals surface area contributed by atoms with Crippen LogP contribution in [-0.2, 0) is 14.4 Å². The fourth-order valence-electron chi connectivity index (χ4n) is 6.17. The Labute approximate surface area is 232 Å². The molecule has 0 aromatic heterocycles. The van der Waals surface area contributed by atoms with Crippen LogP contribution >= 0.6 is 0 Å². The van der Waals surface area contributed by atoms with E-state index in [4.69, 9.17) is 0 Å². The predicted molar refractivity (Wildman–Crippen MR) is 156 cm³/mol. The smallest absolute Gasteiger partial charge is 0.249 e. The summed E-state index contributed by atoms with van der Waals surface area (Å²) >= 11 is 0. The zero-order chi connectivity index (χ0) is 28.2. The van der Waals surface area contributed by atoms with Crippen molar-refractivity contribution in [2.45, 2.75) is 124 Å². The Morgan fingerprint density at radius 1 is 0.895 bits per heavy atom. The van der Waals surface area contributed by atoms with Gasteiger partial charge in [-0.1, -0.05) is 65.9 Å². The standard InChI is InChI=1S/C28H48N4O3.C3H8/c1-19(2)25(30-26(33)24-12-8-9-16-32(24)20(3)4)27(34)29-15-13-21(5)28(35)31-17-14-22-10-6-7-11-23(22)18-31;1-3-2/h13,19-20,22-25H,6-12,14-18H2,1-5H3,(H,29,34)(H,30,33);3H2,1-2H3/b21-13+;. The van der Waals surface area contributed by atoms with Gasteiger partial charge in [0.05, 0.1) is 6.04 Å². The van der Waals surface area contributed by atoms with E-state index in [-0.39, 0.29) is 36.2 Å². The third kappa shape index (κ3) is 9.39. The molecule has 1 saturated carbocycles. The molecule has 3 rings (SSSR count). The molecule has 7 heteroatoms. The fraction of sp³-hybridized carbons (Fsp3) is 0.839. The summed E-state index contributed by atoms with van der Waals surface area (Å²) in [6.07, 6.45) is 12.3. The van der Waals surface area contributed by atoms with Crippen LogP contribution in [0, 0.1) is 17.8 Å². The Kier molecular flexibility index (Phi) is 13.8. The molecular formula is C31H56N4O3. The second kappa shape index (κ2) is 16.3. The molecule has 3 fully saturated rings. The quantitative estimate of drug-likeness (QED) is 0.435. The number of hydrogen-bond donors (Lipinski definition) is 2. The van der Waals surface area contributed by atoms with E-state index in [1.807, 2.05) is 31.7 Å². The van der Waals surface area contributed by atoms with Crippen LogP contribution in [0.25, 0.3) is 0 Å². The number of fused-ring (bicyclic) bond motifs is 1. The molecule has 2 heterocycles.